The molecule has 0 atom stereocenters. The monoisotopic (exact) mass is 268 g/mol. The molecule has 0 aliphatic rings. The topological polar surface area (TPSA) is 108 Å². The fourth-order valence-corrected chi connectivity index (χ4v) is 1.14. The fourth-order valence-electron chi connectivity index (χ4n) is 1.14. The minimum Gasteiger partial charge on any atom is -0.401 e. The van der Waals surface area contributed by atoms with Crippen LogP contribution in [0.1, 0.15) is 11.5 Å². The molecule has 7 nitrogen and oxygen atoms in total. The Bertz CT molecular complexity index is 565. The summed E-state index contributed by atoms with van der Waals surface area (Å²) in [5.74, 6) is 0.402. The van der Waals surface area contributed by atoms with Crippen LogP contribution in [0.3, 0.4) is 0 Å². The molecule has 0 amide bonds. The lowest BCUT2D eigenvalue weighted by atomic mass is 10.3. The zero-order valence-corrected chi connectivity index (χ0v) is 9.83. The molecule has 2 aromatic rings. The largest absolute Gasteiger partial charge is 0.433 e. The standard InChI is InChI=1S/C10H8N4O3.ClH/c11-9-5-2-7(12-13-9)1-3-8-4-6-10(17-8)14(15)16;/h1-6H,(H2,11,13);1H. The summed E-state index contributed by atoms with van der Waals surface area (Å²) < 4.78 is 4.93. The third-order valence-corrected chi connectivity index (χ3v) is 1.92. The van der Waals surface area contributed by atoms with Crippen LogP contribution in [0.15, 0.2) is 28.7 Å². The van der Waals surface area contributed by atoms with Crippen LogP contribution in [0, 0.1) is 10.1 Å². The van der Waals surface area contributed by atoms with Gasteiger partial charge in [0.25, 0.3) is 0 Å². The molecule has 2 N–H and O–H groups in total. The van der Waals surface area contributed by atoms with Crippen molar-refractivity contribution in [3.8, 4) is 0 Å². The third-order valence-electron chi connectivity index (χ3n) is 1.92. The van der Waals surface area contributed by atoms with Gasteiger partial charge in [0, 0.05) is 0 Å². The Balaban J connectivity index is 0.00000162. The number of rotatable bonds is 3. The van der Waals surface area contributed by atoms with Crippen LogP contribution in [-0.2, 0) is 0 Å². The van der Waals surface area contributed by atoms with Gasteiger partial charge in [-0.3, -0.25) is 10.1 Å². The molecule has 0 aliphatic heterocycles. The number of furan rings is 1. The molecule has 18 heavy (non-hydrogen) atoms. The molecule has 0 aromatic carbocycles. The van der Waals surface area contributed by atoms with Gasteiger partial charge in [-0.05, 0) is 30.4 Å². The number of hydrogen-bond acceptors (Lipinski definition) is 6. The van der Waals surface area contributed by atoms with Crippen LogP contribution in [0.4, 0.5) is 11.7 Å². The van der Waals surface area contributed by atoms with Crippen LogP contribution in [0.25, 0.3) is 12.2 Å². The Hall–Kier alpha value is -2.41. The van der Waals surface area contributed by atoms with E-state index in [-0.39, 0.29) is 18.3 Å². The molecule has 0 saturated carbocycles. The minimum absolute atomic E-state index is 0. The first-order valence-corrected chi connectivity index (χ1v) is 4.66. The van der Waals surface area contributed by atoms with Gasteiger partial charge in [0.1, 0.15) is 16.5 Å². The van der Waals surface area contributed by atoms with Crippen molar-refractivity contribution < 1.29 is 9.34 Å². The van der Waals surface area contributed by atoms with E-state index in [1.165, 1.54) is 12.1 Å². The van der Waals surface area contributed by atoms with Crippen LogP contribution in [0.2, 0.25) is 0 Å². The van der Waals surface area contributed by atoms with Gasteiger partial charge in [0.2, 0.25) is 0 Å². The smallest absolute Gasteiger partial charge is 0.401 e. The lowest BCUT2D eigenvalue weighted by molar-refractivity contribution is -0.402. The van der Waals surface area contributed by atoms with Crippen molar-refractivity contribution in [3.05, 3.63) is 45.8 Å². The van der Waals surface area contributed by atoms with E-state index in [0.717, 1.165) is 0 Å². The van der Waals surface area contributed by atoms with Gasteiger partial charge in [0.15, 0.2) is 0 Å². The molecular weight excluding hydrogens is 260 g/mol. The number of nitro groups is 1. The molecule has 0 fully saturated rings. The van der Waals surface area contributed by atoms with E-state index < -0.39 is 4.92 Å². The first-order chi connectivity index (χ1) is 8.15. The van der Waals surface area contributed by atoms with Crippen molar-refractivity contribution >= 4 is 36.3 Å². The zero-order chi connectivity index (χ0) is 12.3. The fraction of sp³-hybridized carbons (Fsp3) is 0. The van der Waals surface area contributed by atoms with Gasteiger partial charge in [-0.25, -0.2) is 0 Å². The van der Waals surface area contributed by atoms with Gasteiger partial charge < -0.3 is 10.2 Å². The number of nitrogens with two attached hydrogens (primary N) is 1. The summed E-state index contributed by atoms with van der Waals surface area (Å²) in [7, 11) is 0. The second-order valence-electron chi connectivity index (χ2n) is 3.15. The number of hydrogen-bond donors (Lipinski definition) is 1. The van der Waals surface area contributed by atoms with E-state index in [1.54, 1.807) is 24.3 Å². The molecule has 0 saturated heterocycles. The SMILES string of the molecule is Cl.Nc1ccc(C=Cc2ccc([N+](=O)[O-])o2)nn1. The maximum atomic E-state index is 10.4. The molecule has 0 radical (unpaired) electrons. The Labute approximate surface area is 108 Å². The Morgan fingerprint density at radius 2 is 2.00 bits per heavy atom. The normalized spacial score (nSPS) is 10.2. The summed E-state index contributed by atoms with van der Waals surface area (Å²) in [5.41, 5.74) is 5.96. The molecule has 94 valence electrons. The van der Waals surface area contributed by atoms with E-state index in [0.29, 0.717) is 17.3 Å². The van der Waals surface area contributed by atoms with E-state index in [2.05, 4.69) is 10.2 Å². The molecule has 2 aromatic heterocycles. The quantitative estimate of drug-likeness (QED) is 0.675. The van der Waals surface area contributed by atoms with E-state index >= 15 is 0 Å². The summed E-state index contributed by atoms with van der Waals surface area (Å²) in [4.78, 5) is 9.78. The zero-order valence-electron chi connectivity index (χ0n) is 9.02. The molecule has 0 unspecified atom stereocenters. The van der Waals surface area contributed by atoms with Gasteiger partial charge in [0.05, 0.1) is 11.8 Å². The first-order valence-electron chi connectivity index (χ1n) is 4.66. The molecule has 0 spiro atoms. The van der Waals surface area contributed by atoms with Crippen LogP contribution in [-0.4, -0.2) is 15.1 Å². The molecule has 0 bridgehead atoms. The maximum absolute atomic E-state index is 10.4. The second kappa shape index (κ2) is 5.78. The average Bonchev–Trinajstić information content (AvgIpc) is 2.77. The highest BCUT2D eigenvalue weighted by molar-refractivity contribution is 5.85. The van der Waals surface area contributed by atoms with Crippen molar-refractivity contribution in [2.24, 2.45) is 0 Å². The second-order valence-corrected chi connectivity index (χ2v) is 3.15. The predicted octanol–water partition coefficient (Wildman–Crippen LogP) is 2.15. The molecule has 0 aliphatic carbocycles. The molecule has 2 rings (SSSR count). The molecule has 8 heteroatoms. The van der Waals surface area contributed by atoms with Crippen LogP contribution < -0.4 is 5.73 Å². The van der Waals surface area contributed by atoms with E-state index in [1.807, 2.05) is 0 Å². The number of nitrogens with zero attached hydrogens (tertiary/aromatic N) is 3. The Kier molecular flexibility index (Phi) is 4.39. The van der Waals surface area contributed by atoms with Crippen molar-refractivity contribution in [2.45, 2.75) is 0 Å². The van der Waals surface area contributed by atoms with Crippen molar-refractivity contribution in [1.29, 1.82) is 0 Å². The highest BCUT2D eigenvalue weighted by atomic mass is 35.5. The number of halogens is 1. The van der Waals surface area contributed by atoms with E-state index in [4.69, 9.17) is 10.2 Å². The van der Waals surface area contributed by atoms with Gasteiger partial charge in [-0.1, -0.05) is 0 Å². The molecular formula is C10H9ClN4O3. The lowest BCUT2D eigenvalue weighted by Gasteiger charge is -1.91. The summed E-state index contributed by atoms with van der Waals surface area (Å²) in [5, 5.41) is 17.8. The lowest BCUT2D eigenvalue weighted by Crippen LogP contribution is -1.92. The van der Waals surface area contributed by atoms with Crippen molar-refractivity contribution in [1.82, 2.24) is 10.2 Å². The number of nitrogen functional groups attached to an aromatic ring is 1. The summed E-state index contributed by atoms with van der Waals surface area (Å²) in [6.45, 7) is 0. The predicted molar refractivity (Wildman–Crippen MR) is 68.0 cm³/mol. The van der Waals surface area contributed by atoms with Gasteiger partial charge >= 0.3 is 5.88 Å². The highest BCUT2D eigenvalue weighted by Gasteiger charge is 2.09. The maximum Gasteiger partial charge on any atom is 0.433 e. The van der Waals surface area contributed by atoms with Crippen LogP contribution >= 0.6 is 12.4 Å². The Morgan fingerprint density at radius 3 is 2.56 bits per heavy atom. The van der Waals surface area contributed by atoms with E-state index in [9.17, 15) is 10.1 Å². The van der Waals surface area contributed by atoms with Gasteiger partial charge in [-0.2, -0.15) is 0 Å². The first kappa shape index (κ1) is 13.7. The van der Waals surface area contributed by atoms with Crippen molar-refractivity contribution in [3.63, 3.8) is 0 Å². The third kappa shape index (κ3) is 3.29. The summed E-state index contributed by atoms with van der Waals surface area (Å²) >= 11 is 0. The van der Waals surface area contributed by atoms with Crippen LogP contribution in [0.5, 0.6) is 0 Å². The average molecular weight is 269 g/mol. The van der Waals surface area contributed by atoms with Gasteiger partial charge in [-0.15, -0.1) is 22.6 Å². The number of aromatic nitrogens is 2. The summed E-state index contributed by atoms with van der Waals surface area (Å²) in [6.07, 6.45) is 3.18. The summed E-state index contributed by atoms with van der Waals surface area (Å²) in [6, 6.07) is 6.07. The Morgan fingerprint density at radius 1 is 1.22 bits per heavy atom. The number of anilines is 1. The molecule has 2 heterocycles. The van der Waals surface area contributed by atoms with Crippen molar-refractivity contribution in [2.75, 3.05) is 5.73 Å². The highest BCUT2D eigenvalue weighted by Crippen LogP contribution is 2.17. The minimum atomic E-state index is -0.597.